The Morgan fingerprint density at radius 3 is 2.20 bits per heavy atom. The van der Waals surface area contributed by atoms with Crippen LogP contribution in [0.4, 0.5) is 0 Å². The Morgan fingerprint density at radius 1 is 1.10 bits per heavy atom. The highest BCUT2D eigenvalue weighted by molar-refractivity contribution is 6.01. The molecule has 0 saturated carbocycles. The van der Waals surface area contributed by atoms with Crippen molar-refractivity contribution in [2.45, 2.75) is 12.8 Å². The van der Waals surface area contributed by atoms with Crippen LogP contribution in [0, 0.1) is 0 Å². The summed E-state index contributed by atoms with van der Waals surface area (Å²) in [6.45, 7) is 0. The molecule has 0 spiro atoms. The molecule has 20 heavy (non-hydrogen) atoms. The maximum atomic E-state index is 10.6. The zero-order chi connectivity index (χ0) is 14.5. The molecule has 6 heteroatoms. The number of nitrogens with one attached hydrogen (secondary N) is 1. The lowest BCUT2D eigenvalue weighted by molar-refractivity contribution is -0.124. The summed E-state index contributed by atoms with van der Waals surface area (Å²) in [5.74, 6) is -1.29. The first kappa shape index (κ1) is 13.7. The molecule has 0 atom stereocenters. The summed E-state index contributed by atoms with van der Waals surface area (Å²) in [6, 6.07) is 9.09. The van der Waals surface area contributed by atoms with E-state index in [0.29, 0.717) is 12.8 Å². The number of hydrogen-bond acceptors (Lipinski definition) is 4. The van der Waals surface area contributed by atoms with Crippen molar-refractivity contribution >= 4 is 28.6 Å². The van der Waals surface area contributed by atoms with Crippen molar-refractivity contribution in [3.05, 3.63) is 42.2 Å². The van der Waals surface area contributed by atoms with Gasteiger partial charge in [-0.05, 0) is 11.5 Å². The number of aromatic nitrogens is 1. The van der Waals surface area contributed by atoms with E-state index in [1.54, 1.807) is 12.3 Å². The van der Waals surface area contributed by atoms with E-state index in [1.165, 1.54) is 0 Å². The average molecular weight is 272 g/mol. The van der Waals surface area contributed by atoms with Crippen LogP contribution >= 0.6 is 0 Å². The Hall–Kier alpha value is -2.76. The zero-order valence-corrected chi connectivity index (χ0v) is 10.5. The summed E-state index contributed by atoms with van der Waals surface area (Å²) >= 11 is 0. The van der Waals surface area contributed by atoms with Gasteiger partial charge in [-0.1, -0.05) is 24.3 Å². The molecule has 2 heterocycles. The Bertz CT molecular complexity index is 668. The number of nitrogens with zero attached hydrogens (tertiary/aromatic N) is 1. The van der Waals surface area contributed by atoms with E-state index in [2.05, 4.69) is 10.3 Å². The van der Waals surface area contributed by atoms with Crippen molar-refractivity contribution in [2.24, 2.45) is 0 Å². The number of fused-ring (bicyclic) bond motifs is 1. The second-order valence-electron chi connectivity index (χ2n) is 4.19. The van der Waals surface area contributed by atoms with Crippen molar-refractivity contribution in [1.82, 2.24) is 10.3 Å². The Kier molecular flexibility index (Phi) is 4.05. The monoisotopic (exact) mass is 272 g/mol. The van der Waals surface area contributed by atoms with Crippen LogP contribution in [-0.2, 0) is 9.59 Å². The molecule has 1 aliphatic rings. The number of carboxylic acids is 1. The first-order valence-corrected chi connectivity index (χ1v) is 5.97. The molecule has 1 aromatic heterocycles. The van der Waals surface area contributed by atoms with Gasteiger partial charge in [0.2, 0.25) is 11.8 Å². The number of carbonyl (C=O) groups excluding carboxylic acids is 2. The highest BCUT2D eigenvalue weighted by Gasteiger charge is 2.15. The molecular formula is C14H12N2O4. The molecule has 1 fully saturated rings. The molecule has 0 unspecified atom stereocenters. The highest BCUT2D eigenvalue weighted by Crippen LogP contribution is 2.12. The number of pyridine rings is 1. The van der Waals surface area contributed by atoms with Gasteiger partial charge in [-0.2, -0.15) is 0 Å². The summed E-state index contributed by atoms with van der Waals surface area (Å²) in [6.07, 6.45) is 2.32. The number of imide groups is 1. The number of amides is 2. The summed E-state index contributed by atoms with van der Waals surface area (Å²) in [4.78, 5) is 34.6. The Balaban J connectivity index is 0.000000178. The first-order chi connectivity index (χ1) is 9.56. The zero-order valence-electron chi connectivity index (χ0n) is 10.5. The van der Waals surface area contributed by atoms with Gasteiger partial charge in [0, 0.05) is 24.4 Å². The van der Waals surface area contributed by atoms with Gasteiger partial charge in [-0.3, -0.25) is 14.9 Å². The third kappa shape index (κ3) is 3.38. The van der Waals surface area contributed by atoms with Crippen LogP contribution in [0.3, 0.4) is 0 Å². The van der Waals surface area contributed by atoms with Gasteiger partial charge in [-0.25, -0.2) is 9.78 Å². The SMILES string of the molecule is O=C(O)c1cc2ccccc2cn1.O=C1CCC(=O)N1. The van der Waals surface area contributed by atoms with Gasteiger partial charge < -0.3 is 5.11 Å². The van der Waals surface area contributed by atoms with Crippen LogP contribution in [0.15, 0.2) is 36.5 Å². The maximum Gasteiger partial charge on any atom is 0.354 e. The minimum Gasteiger partial charge on any atom is -0.477 e. The summed E-state index contributed by atoms with van der Waals surface area (Å²) in [7, 11) is 0. The Morgan fingerprint density at radius 2 is 1.70 bits per heavy atom. The third-order valence-corrected chi connectivity index (χ3v) is 2.71. The van der Waals surface area contributed by atoms with Gasteiger partial charge in [0.05, 0.1) is 0 Å². The fraction of sp³-hybridized carbons (Fsp3) is 0.143. The second kappa shape index (κ2) is 5.92. The second-order valence-corrected chi connectivity index (χ2v) is 4.19. The van der Waals surface area contributed by atoms with Gasteiger partial charge in [-0.15, -0.1) is 0 Å². The van der Waals surface area contributed by atoms with Crippen molar-refractivity contribution < 1.29 is 19.5 Å². The molecule has 1 aromatic carbocycles. The summed E-state index contributed by atoms with van der Waals surface area (Å²) in [5.41, 5.74) is 0.0821. The topological polar surface area (TPSA) is 96.4 Å². The molecule has 3 rings (SSSR count). The van der Waals surface area contributed by atoms with E-state index in [0.717, 1.165) is 10.8 Å². The van der Waals surface area contributed by atoms with Crippen LogP contribution in [0.25, 0.3) is 10.8 Å². The predicted molar refractivity (Wildman–Crippen MR) is 71.1 cm³/mol. The van der Waals surface area contributed by atoms with Gasteiger partial charge in [0.15, 0.2) is 0 Å². The lowest BCUT2D eigenvalue weighted by atomic mass is 10.1. The van der Waals surface area contributed by atoms with Crippen molar-refractivity contribution in [3.63, 3.8) is 0 Å². The van der Waals surface area contributed by atoms with E-state index >= 15 is 0 Å². The lowest BCUT2D eigenvalue weighted by Crippen LogP contribution is -2.18. The standard InChI is InChI=1S/C10H7NO2.C4H5NO2/c12-10(13)9-5-7-3-1-2-4-8(7)6-11-9;6-3-1-2-4(7)5-3/h1-6H,(H,12,13);1-2H2,(H,5,6,7). The molecule has 2 aromatic rings. The van der Waals surface area contributed by atoms with Gasteiger partial charge in [0.25, 0.3) is 0 Å². The summed E-state index contributed by atoms with van der Waals surface area (Å²) in [5, 5.41) is 12.7. The van der Waals surface area contributed by atoms with Gasteiger partial charge >= 0.3 is 5.97 Å². The number of benzene rings is 1. The van der Waals surface area contributed by atoms with Crippen LogP contribution in [-0.4, -0.2) is 27.9 Å². The lowest BCUT2D eigenvalue weighted by Gasteiger charge is -1.97. The predicted octanol–water partition coefficient (Wildman–Crippen LogP) is 1.36. The third-order valence-electron chi connectivity index (χ3n) is 2.71. The van der Waals surface area contributed by atoms with Gasteiger partial charge in [0.1, 0.15) is 5.69 Å². The molecule has 102 valence electrons. The number of rotatable bonds is 1. The molecule has 1 saturated heterocycles. The van der Waals surface area contributed by atoms with Crippen molar-refractivity contribution in [1.29, 1.82) is 0 Å². The number of carboxylic acid groups (broad SMARTS) is 1. The van der Waals surface area contributed by atoms with E-state index in [-0.39, 0.29) is 17.5 Å². The van der Waals surface area contributed by atoms with E-state index in [9.17, 15) is 14.4 Å². The number of aromatic carboxylic acids is 1. The quantitative estimate of drug-likeness (QED) is 0.764. The minimum absolute atomic E-state index is 0.0821. The normalized spacial score (nSPS) is 13.6. The highest BCUT2D eigenvalue weighted by atomic mass is 16.4. The van der Waals surface area contributed by atoms with E-state index < -0.39 is 5.97 Å². The average Bonchev–Trinajstić information content (AvgIpc) is 2.82. The van der Waals surface area contributed by atoms with Crippen LogP contribution in [0.2, 0.25) is 0 Å². The van der Waals surface area contributed by atoms with Crippen molar-refractivity contribution in [3.8, 4) is 0 Å². The molecule has 1 aliphatic heterocycles. The summed E-state index contributed by atoms with van der Waals surface area (Å²) < 4.78 is 0. The van der Waals surface area contributed by atoms with Crippen molar-refractivity contribution in [2.75, 3.05) is 0 Å². The van der Waals surface area contributed by atoms with E-state index in [1.807, 2.05) is 24.3 Å². The molecule has 2 amide bonds. The first-order valence-electron chi connectivity index (χ1n) is 5.97. The van der Waals surface area contributed by atoms with Crippen LogP contribution in [0.1, 0.15) is 23.3 Å². The Labute approximate surface area is 114 Å². The fourth-order valence-corrected chi connectivity index (χ4v) is 1.71. The molecular weight excluding hydrogens is 260 g/mol. The van der Waals surface area contributed by atoms with Crippen LogP contribution in [0.5, 0.6) is 0 Å². The van der Waals surface area contributed by atoms with Crippen LogP contribution < -0.4 is 5.32 Å². The van der Waals surface area contributed by atoms with E-state index in [4.69, 9.17) is 5.11 Å². The molecule has 6 nitrogen and oxygen atoms in total. The largest absolute Gasteiger partial charge is 0.477 e. The molecule has 0 aliphatic carbocycles. The number of hydrogen-bond donors (Lipinski definition) is 2. The maximum absolute atomic E-state index is 10.6. The molecule has 0 bridgehead atoms. The fourth-order valence-electron chi connectivity index (χ4n) is 1.71. The molecule has 0 radical (unpaired) electrons. The minimum atomic E-state index is -0.995. The number of carbonyl (C=O) groups is 3. The smallest absolute Gasteiger partial charge is 0.354 e. The molecule has 2 N–H and O–H groups in total.